The highest BCUT2D eigenvalue weighted by molar-refractivity contribution is 7.89. The van der Waals surface area contributed by atoms with Gasteiger partial charge in [-0.15, -0.1) is 0 Å². The molecule has 33 heavy (non-hydrogen) atoms. The summed E-state index contributed by atoms with van der Waals surface area (Å²) in [6, 6.07) is 4.72. The summed E-state index contributed by atoms with van der Waals surface area (Å²) in [5.41, 5.74) is 0.413. The molecule has 3 amide bonds. The average Bonchev–Trinajstić information content (AvgIpc) is 2.81. The van der Waals surface area contributed by atoms with Crippen molar-refractivity contribution in [2.24, 2.45) is 5.92 Å². The summed E-state index contributed by atoms with van der Waals surface area (Å²) >= 11 is 0. The van der Waals surface area contributed by atoms with E-state index in [1.54, 1.807) is 42.7 Å². The monoisotopic (exact) mass is 482 g/mol. The van der Waals surface area contributed by atoms with Gasteiger partial charge in [-0.05, 0) is 51.8 Å². The molecule has 0 aliphatic carbocycles. The Kier molecular flexibility index (Phi) is 9.97. The van der Waals surface area contributed by atoms with E-state index in [-0.39, 0.29) is 28.5 Å². The number of hydrogen-bond acceptors (Lipinski definition) is 5. The molecule has 0 saturated carbocycles. The van der Waals surface area contributed by atoms with E-state index in [2.05, 4.69) is 5.32 Å². The van der Waals surface area contributed by atoms with E-state index in [4.69, 9.17) is 4.74 Å². The number of nitrogens with zero attached hydrogens (tertiary/aromatic N) is 3. The number of hydrogen-bond donors (Lipinski definition) is 1. The Hall–Kier alpha value is -2.33. The number of amides is 3. The van der Waals surface area contributed by atoms with Gasteiger partial charge in [0.2, 0.25) is 15.9 Å². The number of nitrogens with one attached hydrogen (secondary N) is 1. The third-order valence-corrected chi connectivity index (χ3v) is 8.08. The van der Waals surface area contributed by atoms with Gasteiger partial charge in [0.25, 0.3) is 0 Å². The van der Waals surface area contributed by atoms with Crippen LogP contribution in [0.15, 0.2) is 23.1 Å². The first-order valence-corrected chi connectivity index (χ1v) is 13.3. The van der Waals surface area contributed by atoms with Crippen LogP contribution >= 0.6 is 0 Å². The standard InChI is InChI=1S/C23H38N4O5S/c1-6-25(7-2)23(29)26-15-13-18(14-16-26)22(28)24-19-11-12-20(32-10-5)21(17-19)33(30,31)27(8-3)9-4/h11-12,17-18H,6-10,13-16H2,1-5H3,(H,24,28). The maximum Gasteiger partial charge on any atom is 0.319 e. The molecule has 1 heterocycles. The van der Waals surface area contributed by atoms with Gasteiger partial charge in [0, 0.05) is 50.9 Å². The molecule has 1 aliphatic rings. The van der Waals surface area contributed by atoms with E-state index in [1.807, 2.05) is 13.8 Å². The number of likely N-dealkylation sites (tertiary alicyclic amines) is 1. The molecule has 0 radical (unpaired) electrons. The first-order valence-electron chi connectivity index (χ1n) is 11.8. The van der Waals surface area contributed by atoms with Gasteiger partial charge >= 0.3 is 6.03 Å². The zero-order valence-electron chi connectivity index (χ0n) is 20.5. The lowest BCUT2D eigenvalue weighted by molar-refractivity contribution is -0.121. The fourth-order valence-corrected chi connectivity index (χ4v) is 5.65. The lowest BCUT2D eigenvalue weighted by Crippen LogP contribution is -2.47. The van der Waals surface area contributed by atoms with Crippen LogP contribution in [0.3, 0.4) is 0 Å². The second kappa shape index (κ2) is 12.2. The Morgan fingerprint density at radius 3 is 2.15 bits per heavy atom. The number of carbonyl (C=O) groups is 2. The fraction of sp³-hybridized carbons (Fsp3) is 0.652. The lowest BCUT2D eigenvalue weighted by Gasteiger charge is -2.34. The highest BCUT2D eigenvalue weighted by atomic mass is 32.2. The number of carbonyl (C=O) groups excluding carboxylic acids is 2. The van der Waals surface area contributed by atoms with Crippen LogP contribution in [0.4, 0.5) is 10.5 Å². The number of urea groups is 1. The summed E-state index contributed by atoms with van der Waals surface area (Å²) in [6.45, 7) is 12.6. The van der Waals surface area contributed by atoms with Crippen LogP contribution in [0.2, 0.25) is 0 Å². The third-order valence-electron chi connectivity index (χ3n) is 6.00. The Balaban J connectivity index is 2.13. The molecule has 186 valence electrons. The minimum atomic E-state index is -3.76. The van der Waals surface area contributed by atoms with Gasteiger partial charge in [0.15, 0.2) is 0 Å². The number of rotatable bonds is 10. The Bertz CT molecular complexity index is 905. The molecule has 0 spiro atoms. The Morgan fingerprint density at radius 1 is 1.03 bits per heavy atom. The van der Waals surface area contributed by atoms with Gasteiger partial charge in [0.1, 0.15) is 10.6 Å². The van der Waals surface area contributed by atoms with Gasteiger partial charge < -0.3 is 19.9 Å². The lowest BCUT2D eigenvalue weighted by atomic mass is 9.96. The molecule has 2 rings (SSSR count). The molecule has 1 aromatic rings. The van der Waals surface area contributed by atoms with Crippen molar-refractivity contribution in [2.45, 2.75) is 52.4 Å². The number of ether oxygens (including phenoxy) is 1. The maximum absolute atomic E-state index is 13.1. The van der Waals surface area contributed by atoms with Crippen LogP contribution in [0.1, 0.15) is 47.5 Å². The fourth-order valence-electron chi connectivity index (χ4n) is 4.04. The van der Waals surface area contributed by atoms with Gasteiger partial charge in [-0.3, -0.25) is 4.79 Å². The van der Waals surface area contributed by atoms with Crippen LogP contribution in [0.5, 0.6) is 5.75 Å². The Labute approximate surface area is 198 Å². The highest BCUT2D eigenvalue weighted by Crippen LogP contribution is 2.31. The Morgan fingerprint density at radius 2 is 1.64 bits per heavy atom. The van der Waals surface area contributed by atoms with Gasteiger partial charge in [-0.2, -0.15) is 4.31 Å². The van der Waals surface area contributed by atoms with Crippen LogP contribution in [-0.4, -0.2) is 80.3 Å². The normalized spacial score (nSPS) is 14.9. The molecule has 0 bridgehead atoms. The van der Waals surface area contributed by atoms with E-state index in [1.165, 1.54) is 10.4 Å². The molecule has 1 fully saturated rings. The van der Waals surface area contributed by atoms with E-state index >= 15 is 0 Å². The smallest absolute Gasteiger partial charge is 0.319 e. The molecule has 1 saturated heterocycles. The molecule has 9 nitrogen and oxygen atoms in total. The SMILES string of the molecule is CCOc1ccc(NC(=O)C2CCN(C(=O)N(CC)CC)CC2)cc1S(=O)(=O)N(CC)CC. The van der Waals surface area contributed by atoms with E-state index in [9.17, 15) is 18.0 Å². The van der Waals surface area contributed by atoms with Crippen molar-refractivity contribution >= 4 is 27.6 Å². The van der Waals surface area contributed by atoms with Crippen molar-refractivity contribution < 1.29 is 22.7 Å². The zero-order valence-corrected chi connectivity index (χ0v) is 21.3. The summed E-state index contributed by atoms with van der Waals surface area (Å²) in [5, 5.41) is 2.87. The second-order valence-electron chi connectivity index (χ2n) is 7.89. The van der Waals surface area contributed by atoms with E-state index in [0.717, 1.165) is 0 Å². The molecule has 1 aromatic carbocycles. The molecule has 0 atom stereocenters. The van der Waals surface area contributed by atoms with Crippen molar-refractivity contribution in [3.63, 3.8) is 0 Å². The minimum absolute atomic E-state index is 0.0108. The predicted octanol–water partition coefficient (Wildman–Crippen LogP) is 3.23. The van der Waals surface area contributed by atoms with Crippen molar-refractivity contribution in [1.29, 1.82) is 0 Å². The topological polar surface area (TPSA) is 99.3 Å². The molecule has 0 aromatic heterocycles. The minimum Gasteiger partial charge on any atom is -0.492 e. The summed E-state index contributed by atoms with van der Waals surface area (Å²) in [4.78, 5) is 29.0. The average molecular weight is 483 g/mol. The van der Waals surface area contributed by atoms with Crippen LogP contribution in [-0.2, 0) is 14.8 Å². The summed E-state index contributed by atoms with van der Waals surface area (Å²) < 4.78 is 33.2. The largest absolute Gasteiger partial charge is 0.492 e. The molecule has 10 heteroatoms. The van der Waals surface area contributed by atoms with Gasteiger partial charge in [-0.1, -0.05) is 13.8 Å². The van der Waals surface area contributed by atoms with Gasteiger partial charge in [0.05, 0.1) is 6.61 Å². The summed E-state index contributed by atoms with van der Waals surface area (Å²) in [7, 11) is -3.76. The van der Waals surface area contributed by atoms with Crippen molar-refractivity contribution in [3.05, 3.63) is 18.2 Å². The van der Waals surface area contributed by atoms with Crippen molar-refractivity contribution in [2.75, 3.05) is 51.2 Å². The van der Waals surface area contributed by atoms with E-state index < -0.39 is 10.0 Å². The molecular weight excluding hydrogens is 444 g/mol. The second-order valence-corrected chi connectivity index (χ2v) is 9.80. The third kappa shape index (κ3) is 6.38. The molecule has 1 aliphatic heterocycles. The number of anilines is 1. The molecule has 0 unspecified atom stereocenters. The molecular formula is C23H38N4O5S. The van der Waals surface area contributed by atoms with Crippen LogP contribution < -0.4 is 10.1 Å². The van der Waals surface area contributed by atoms with Crippen LogP contribution in [0, 0.1) is 5.92 Å². The van der Waals surface area contributed by atoms with Crippen molar-refractivity contribution in [1.82, 2.24) is 14.1 Å². The van der Waals surface area contributed by atoms with Gasteiger partial charge in [-0.25, -0.2) is 13.2 Å². The zero-order chi connectivity index (χ0) is 24.6. The summed E-state index contributed by atoms with van der Waals surface area (Å²) in [5.74, 6) is -0.133. The van der Waals surface area contributed by atoms with Crippen LogP contribution in [0.25, 0.3) is 0 Å². The highest BCUT2D eigenvalue weighted by Gasteiger charge is 2.30. The summed E-state index contributed by atoms with van der Waals surface area (Å²) in [6.07, 6.45) is 1.14. The first kappa shape index (κ1) is 26.9. The number of sulfonamides is 1. The van der Waals surface area contributed by atoms with E-state index in [0.29, 0.717) is 64.4 Å². The molecule has 1 N–H and O–H groups in total. The number of piperidine rings is 1. The predicted molar refractivity (Wildman–Crippen MR) is 129 cm³/mol. The first-order chi connectivity index (χ1) is 15.7. The quantitative estimate of drug-likeness (QED) is 0.552. The maximum atomic E-state index is 13.1. The number of benzene rings is 1. The van der Waals surface area contributed by atoms with Crippen molar-refractivity contribution in [3.8, 4) is 5.75 Å².